The summed E-state index contributed by atoms with van der Waals surface area (Å²) in [5, 5.41) is 5.50. The molecule has 1 saturated heterocycles. The van der Waals surface area contributed by atoms with E-state index >= 15 is 0 Å². The molecule has 0 spiro atoms. The largest absolute Gasteiger partial charge is 0.354 e. The average Bonchev–Trinajstić information content (AvgIpc) is 2.83. The lowest BCUT2D eigenvalue weighted by atomic mass is 9.65. The molecule has 3 rings (SSSR count). The minimum atomic E-state index is -2.76. The normalized spacial score (nSPS) is 25.5. The third kappa shape index (κ3) is 3.46. The number of amides is 1. The van der Waals surface area contributed by atoms with Gasteiger partial charge in [-0.1, -0.05) is 36.8 Å². The van der Waals surface area contributed by atoms with Crippen LogP contribution in [0.4, 0.5) is 8.78 Å². The Morgan fingerprint density at radius 2 is 2.00 bits per heavy atom. The van der Waals surface area contributed by atoms with E-state index in [1.807, 2.05) is 18.2 Å². The van der Waals surface area contributed by atoms with Gasteiger partial charge in [0.1, 0.15) is 0 Å². The Hall–Kier alpha value is -1.49. The molecule has 1 saturated carbocycles. The van der Waals surface area contributed by atoms with Crippen molar-refractivity contribution in [3.8, 4) is 0 Å². The summed E-state index contributed by atoms with van der Waals surface area (Å²) in [6.07, 6.45) is 3.86. The van der Waals surface area contributed by atoms with E-state index in [1.54, 1.807) is 0 Å². The summed E-state index contributed by atoms with van der Waals surface area (Å²) in [5.41, 5.74) is 1.36. The Morgan fingerprint density at radius 3 is 2.55 bits per heavy atom. The minimum absolute atomic E-state index is 0.0954. The van der Waals surface area contributed by atoms with Crippen molar-refractivity contribution >= 4 is 5.91 Å². The second-order valence-corrected chi connectivity index (χ2v) is 6.73. The van der Waals surface area contributed by atoms with E-state index in [0.29, 0.717) is 6.54 Å². The summed E-state index contributed by atoms with van der Waals surface area (Å²) in [6.45, 7) is 0.171. The monoisotopic (exact) mass is 308 g/mol. The number of rotatable bonds is 5. The molecule has 1 aromatic rings. The van der Waals surface area contributed by atoms with Gasteiger partial charge in [-0.3, -0.25) is 10.1 Å². The van der Waals surface area contributed by atoms with Crippen molar-refractivity contribution in [3.05, 3.63) is 35.9 Å². The van der Waals surface area contributed by atoms with Crippen molar-refractivity contribution in [1.29, 1.82) is 0 Å². The number of halogens is 2. The first-order valence-corrected chi connectivity index (χ1v) is 7.91. The molecule has 5 heteroatoms. The minimum Gasteiger partial charge on any atom is -0.354 e. The van der Waals surface area contributed by atoms with Gasteiger partial charge in [0.15, 0.2) is 0 Å². The van der Waals surface area contributed by atoms with E-state index in [2.05, 4.69) is 22.8 Å². The highest BCUT2D eigenvalue weighted by Crippen LogP contribution is 2.43. The van der Waals surface area contributed by atoms with Crippen LogP contribution < -0.4 is 10.6 Å². The fourth-order valence-electron chi connectivity index (χ4n) is 3.42. The third-order valence-corrected chi connectivity index (χ3v) is 4.90. The van der Waals surface area contributed by atoms with Crippen LogP contribution in [0.3, 0.4) is 0 Å². The number of nitrogens with one attached hydrogen (secondary N) is 2. The third-order valence-electron chi connectivity index (χ3n) is 4.90. The van der Waals surface area contributed by atoms with Crippen LogP contribution in [-0.4, -0.2) is 31.0 Å². The molecule has 0 bridgehead atoms. The molecular formula is C17H22F2N2O. The lowest BCUT2D eigenvalue weighted by Gasteiger charge is -2.42. The predicted molar refractivity (Wildman–Crippen MR) is 80.8 cm³/mol. The molecule has 1 unspecified atom stereocenters. The average molecular weight is 308 g/mol. The van der Waals surface area contributed by atoms with Crippen LogP contribution in [0, 0.1) is 5.41 Å². The van der Waals surface area contributed by atoms with Gasteiger partial charge < -0.3 is 5.32 Å². The maximum Gasteiger partial charge on any atom is 0.262 e. The Bertz CT molecular complexity index is 529. The van der Waals surface area contributed by atoms with Crippen LogP contribution in [0.25, 0.3) is 0 Å². The second kappa shape index (κ2) is 5.95. The Kier molecular flexibility index (Phi) is 4.17. The Morgan fingerprint density at radius 1 is 1.27 bits per heavy atom. The molecule has 1 amide bonds. The fourth-order valence-corrected chi connectivity index (χ4v) is 3.42. The van der Waals surface area contributed by atoms with Crippen LogP contribution in [-0.2, 0) is 11.2 Å². The smallest absolute Gasteiger partial charge is 0.262 e. The number of hydrogen-bond acceptors (Lipinski definition) is 2. The molecule has 1 heterocycles. The summed E-state index contributed by atoms with van der Waals surface area (Å²) >= 11 is 0. The van der Waals surface area contributed by atoms with Crippen molar-refractivity contribution < 1.29 is 13.6 Å². The molecule has 2 aliphatic rings. The molecule has 22 heavy (non-hydrogen) atoms. The summed E-state index contributed by atoms with van der Waals surface area (Å²) in [4.78, 5) is 12.1. The van der Waals surface area contributed by atoms with E-state index in [0.717, 1.165) is 19.3 Å². The summed E-state index contributed by atoms with van der Waals surface area (Å²) in [7, 11) is 0. The Balaban J connectivity index is 1.54. The van der Waals surface area contributed by atoms with Gasteiger partial charge in [-0.25, -0.2) is 8.78 Å². The van der Waals surface area contributed by atoms with Gasteiger partial charge in [-0.05, 0) is 30.2 Å². The van der Waals surface area contributed by atoms with E-state index in [9.17, 15) is 13.6 Å². The van der Waals surface area contributed by atoms with Gasteiger partial charge >= 0.3 is 0 Å². The van der Waals surface area contributed by atoms with Gasteiger partial charge in [-0.15, -0.1) is 0 Å². The standard InChI is InChI=1S/C17H22F2N2O/c18-17(19)10-14(20-12-17)15(22)21-11-16(7-4-8-16)9-13-5-2-1-3-6-13/h1-3,5-6,14,20H,4,7-12H2,(H,21,22). The predicted octanol–water partition coefficient (Wildman–Crippen LogP) is 2.51. The topological polar surface area (TPSA) is 41.1 Å². The van der Waals surface area contributed by atoms with Crippen LogP contribution in [0.2, 0.25) is 0 Å². The summed E-state index contributed by atoms with van der Waals surface area (Å²) < 4.78 is 26.3. The highest BCUT2D eigenvalue weighted by molar-refractivity contribution is 5.82. The molecule has 3 nitrogen and oxygen atoms in total. The van der Waals surface area contributed by atoms with Gasteiger partial charge in [0.05, 0.1) is 12.6 Å². The molecule has 1 aliphatic heterocycles. The van der Waals surface area contributed by atoms with E-state index in [-0.39, 0.29) is 11.3 Å². The van der Waals surface area contributed by atoms with E-state index in [4.69, 9.17) is 0 Å². The maximum atomic E-state index is 13.2. The molecule has 0 aromatic heterocycles. The van der Waals surface area contributed by atoms with Crippen LogP contribution in [0.1, 0.15) is 31.2 Å². The molecule has 1 aliphatic carbocycles. The molecule has 2 N–H and O–H groups in total. The molecule has 1 atom stereocenters. The SMILES string of the molecule is O=C(NCC1(Cc2ccccc2)CCC1)C1CC(F)(F)CN1. The zero-order valence-electron chi connectivity index (χ0n) is 12.6. The van der Waals surface area contributed by atoms with Crippen molar-refractivity contribution in [3.63, 3.8) is 0 Å². The zero-order valence-corrected chi connectivity index (χ0v) is 12.6. The highest BCUT2D eigenvalue weighted by atomic mass is 19.3. The number of carbonyl (C=O) groups is 1. The van der Waals surface area contributed by atoms with Crippen molar-refractivity contribution in [1.82, 2.24) is 10.6 Å². The maximum absolute atomic E-state index is 13.2. The van der Waals surface area contributed by atoms with Crippen LogP contribution >= 0.6 is 0 Å². The van der Waals surface area contributed by atoms with Gasteiger partial charge in [0.25, 0.3) is 5.92 Å². The summed E-state index contributed by atoms with van der Waals surface area (Å²) in [5.74, 6) is -3.06. The van der Waals surface area contributed by atoms with Crippen molar-refractivity contribution in [2.75, 3.05) is 13.1 Å². The van der Waals surface area contributed by atoms with Gasteiger partial charge in [-0.2, -0.15) is 0 Å². The van der Waals surface area contributed by atoms with Gasteiger partial charge in [0.2, 0.25) is 5.91 Å². The fraction of sp³-hybridized carbons (Fsp3) is 0.588. The zero-order chi connectivity index (χ0) is 15.6. The number of alkyl halides is 2. The number of benzene rings is 1. The molecular weight excluding hydrogens is 286 g/mol. The molecule has 0 radical (unpaired) electrons. The first-order chi connectivity index (χ1) is 10.5. The first-order valence-electron chi connectivity index (χ1n) is 7.91. The summed E-state index contributed by atoms with van der Waals surface area (Å²) in [6, 6.07) is 9.46. The lowest BCUT2D eigenvalue weighted by molar-refractivity contribution is -0.124. The van der Waals surface area contributed by atoms with E-state index < -0.39 is 24.9 Å². The lowest BCUT2D eigenvalue weighted by Crippen LogP contribution is -2.48. The quantitative estimate of drug-likeness (QED) is 0.877. The number of carbonyl (C=O) groups excluding carboxylic acids is 1. The van der Waals surface area contributed by atoms with Crippen molar-refractivity contribution in [2.45, 2.75) is 44.1 Å². The highest BCUT2D eigenvalue weighted by Gasteiger charge is 2.43. The second-order valence-electron chi connectivity index (χ2n) is 6.73. The molecule has 1 aromatic carbocycles. The Labute approximate surface area is 129 Å². The molecule has 120 valence electrons. The number of hydrogen-bond donors (Lipinski definition) is 2. The van der Waals surface area contributed by atoms with E-state index in [1.165, 1.54) is 12.0 Å². The van der Waals surface area contributed by atoms with Crippen molar-refractivity contribution in [2.24, 2.45) is 5.41 Å². The van der Waals surface area contributed by atoms with Gasteiger partial charge in [0, 0.05) is 13.0 Å². The molecule has 2 fully saturated rings. The van der Waals surface area contributed by atoms with Crippen LogP contribution in [0.15, 0.2) is 30.3 Å². The first kappa shape index (κ1) is 15.4. The van der Waals surface area contributed by atoms with Crippen LogP contribution in [0.5, 0.6) is 0 Å².